The number of rotatable bonds is 3. The Morgan fingerprint density at radius 2 is 1.69 bits per heavy atom. The van der Waals surface area contributed by atoms with Crippen molar-refractivity contribution in [3.05, 3.63) is 54.2 Å². The predicted octanol–water partition coefficient (Wildman–Crippen LogP) is 1.76. The van der Waals surface area contributed by atoms with Gasteiger partial charge in [-0.15, -0.1) is 10.2 Å². The average molecular weight is 350 g/mol. The SMILES string of the molecule is CN(C)c1ccc(C(=O)N2CCN(c3nnc4ccccn34)CC2)cc1. The molecule has 1 aliphatic rings. The first-order valence-corrected chi connectivity index (χ1v) is 8.75. The van der Waals surface area contributed by atoms with E-state index in [0.717, 1.165) is 35.9 Å². The van der Waals surface area contributed by atoms with Gasteiger partial charge in [0.25, 0.3) is 5.91 Å². The molecule has 0 aliphatic carbocycles. The van der Waals surface area contributed by atoms with E-state index in [1.165, 1.54) is 0 Å². The molecule has 0 spiro atoms. The summed E-state index contributed by atoms with van der Waals surface area (Å²) in [7, 11) is 3.98. The van der Waals surface area contributed by atoms with Crippen molar-refractivity contribution in [2.45, 2.75) is 0 Å². The molecule has 2 aromatic heterocycles. The van der Waals surface area contributed by atoms with E-state index in [1.54, 1.807) is 0 Å². The van der Waals surface area contributed by atoms with Gasteiger partial charge in [-0.25, -0.2) is 0 Å². The number of nitrogens with zero attached hydrogens (tertiary/aromatic N) is 6. The van der Waals surface area contributed by atoms with Gasteiger partial charge in [-0.05, 0) is 36.4 Å². The zero-order chi connectivity index (χ0) is 18.1. The Morgan fingerprint density at radius 1 is 0.962 bits per heavy atom. The second-order valence-corrected chi connectivity index (χ2v) is 6.65. The summed E-state index contributed by atoms with van der Waals surface area (Å²) in [6, 6.07) is 13.6. The van der Waals surface area contributed by atoms with Crippen molar-refractivity contribution in [3.8, 4) is 0 Å². The van der Waals surface area contributed by atoms with Crippen LogP contribution in [0.25, 0.3) is 5.65 Å². The lowest BCUT2D eigenvalue weighted by atomic mass is 10.1. The van der Waals surface area contributed by atoms with E-state index >= 15 is 0 Å². The smallest absolute Gasteiger partial charge is 0.253 e. The molecule has 0 atom stereocenters. The summed E-state index contributed by atoms with van der Waals surface area (Å²) in [4.78, 5) is 18.9. The van der Waals surface area contributed by atoms with E-state index in [4.69, 9.17) is 0 Å². The van der Waals surface area contributed by atoms with Crippen molar-refractivity contribution >= 4 is 23.2 Å². The quantitative estimate of drug-likeness (QED) is 0.720. The van der Waals surface area contributed by atoms with Gasteiger partial charge in [0, 0.05) is 57.7 Å². The minimum Gasteiger partial charge on any atom is -0.378 e. The van der Waals surface area contributed by atoms with E-state index in [2.05, 4.69) is 15.1 Å². The van der Waals surface area contributed by atoms with E-state index in [1.807, 2.05) is 77.0 Å². The summed E-state index contributed by atoms with van der Waals surface area (Å²) < 4.78 is 1.98. The fourth-order valence-corrected chi connectivity index (χ4v) is 3.24. The monoisotopic (exact) mass is 350 g/mol. The molecule has 1 amide bonds. The zero-order valence-electron chi connectivity index (χ0n) is 15.0. The topological polar surface area (TPSA) is 57.0 Å². The van der Waals surface area contributed by atoms with Gasteiger partial charge in [0.2, 0.25) is 5.95 Å². The number of fused-ring (bicyclic) bond motifs is 1. The van der Waals surface area contributed by atoms with Crippen LogP contribution >= 0.6 is 0 Å². The highest BCUT2D eigenvalue weighted by Crippen LogP contribution is 2.18. The fourth-order valence-electron chi connectivity index (χ4n) is 3.24. The lowest BCUT2D eigenvalue weighted by Crippen LogP contribution is -2.49. The Hall–Kier alpha value is -3.09. The number of pyridine rings is 1. The van der Waals surface area contributed by atoms with Crippen molar-refractivity contribution in [3.63, 3.8) is 0 Å². The van der Waals surface area contributed by atoms with Gasteiger partial charge in [0.15, 0.2) is 5.65 Å². The van der Waals surface area contributed by atoms with Crippen molar-refractivity contribution in [2.24, 2.45) is 0 Å². The van der Waals surface area contributed by atoms with Crippen molar-refractivity contribution in [2.75, 3.05) is 50.1 Å². The van der Waals surface area contributed by atoms with Crippen LogP contribution in [0.3, 0.4) is 0 Å². The molecular weight excluding hydrogens is 328 g/mol. The molecule has 1 fully saturated rings. The summed E-state index contributed by atoms with van der Waals surface area (Å²) in [5, 5.41) is 8.51. The molecular formula is C19H22N6O. The normalized spacial score (nSPS) is 14.7. The van der Waals surface area contributed by atoms with E-state index in [0.29, 0.717) is 13.1 Å². The molecule has 0 N–H and O–H groups in total. The van der Waals surface area contributed by atoms with Crippen LogP contribution in [-0.2, 0) is 0 Å². The Balaban J connectivity index is 1.44. The number of piperazine rings is 1. The maximum Gasteiger partial charge on any atom is 0.253 e. The zero-order valence-corrected chi connectivity index (χ0v) is 15.0. The lowest BCUT2D eigenvalue weighted by molar-refractivity contribution is 0.0746. The molecule has 26 heavy (non-hydrogen) atoms. The molecule has 7 heteroatoms. The Bertz CT molecular complexity index is 909. The predicted molar refractivity (Wildman–Crippen MR) is 102 cm³/mol. The Labute approximate surface area is 152 Å². The van der Waals surface area contributed by atoms with Gasteiger partial charge in [0.1, 0.15) is 0 Å². The first kappa shape index (κ1) is 16.4. The van der Waals surface area contributed by atoms with Gasteiger partial charge in [-0.3, -0.25) is 9.20 Å². The van der Waals surface area contributed by atoms with Crippen LogP contribution < -0.4 is 9.80 Å². The first-order valence-electron chi connectivity index (χ1n) is 8.75. The maximum absolute atomic E-state index is 12.7. The number of carbonyl (C=O) groups excluding carboxylic acids is 1. The van der Waals surface area contributed by atoms with Crippen molar-refractivity contribution < 1.29 is 4.79 Å². The first-order chi connectivity index (χ1) is 12.6. The number of amides is 1. The Kier molecular flexibility index (Phi) is 4.20. The van der Waals surface area contributed by atoms with Gasteiger partial charge in [-0.2, -0.15) is 0 Å². The second-order valence-electron chi connectivity index (χ2n) is 6.65. The maximum atomic E-state index is 12.7. The van der Waals surface area contributed by atoms with Crippen LogP contribution in [0.5, 0.6) is 0 Å². The molecule has 0 unspecified atom stereocenters. The Morgan fingerprint density at radius 3 is 2.38 bits per heavy atom. The standard InChI is InChI=1S/C19H22N6O/c1-22(2)16-8-6-15(7-9-16)18(26)23-11-13-24(14-12-23)19-21-20-17-5-3-4-10-25(17)19/h3-10H,11-14H2,1-2H3. The molecule has 0 bridgehead atoms. The molecule has 3 heterocycles. The number of benzene rings is 1. The summed E-state index contributed by atoms with van der Waals surface area (Å²) in [6.45, 7) is 2.85. The summed E-state index contributed by atoms with van der Waals surface area (Å²) in [5.41, 5.74) is 2.66. The largest absolute Gasteiger partial charge is 0.378 e. The van der Waals surface area contributed by atoms with Crippen LogP contribution in [0, 0.1) is 0 Å². The molecule has 1 aliphatic heterocycles. The van der Waals surface area contributed by atoms with Crippen molar-refractivity contribution in [1.82, 2.24) is 19.5 Å². The van der Waals surface area contributed by atoms with E-state index in [9.17, 15) is 4.79 Å². The number of hydrogen-bond donors (Lipinski definition) is 0. The van der Waals surface area contributed by atoms with Gasteiger partial charge in [0.05, 0.1) is 0 Å². The molecule has 134 valence electrons. The lowest BCUT2D eigenvalue weighted by Gasteiger charge is -2.34. The van der Waals surface area contributed by atoms with Gasteiger partial charge >= 0.3 is 0 Å². The summed E-state index contributed by atoms with van der Waals surface area (Å²) >= 11 is 0. The molecule has 0 saturated carbocycles. The number of carbonyl (C=O) groups is 1. The van der Waals surface area contributed by atoms with Crippen molar-refractivity contribution in [1.29, 1.82) is 0 Å². The highest BCUT2D eigenvalue weighted by molar-refractivity contribution is 5.94. The molecule has 1 saturated heterocycles. The van der Waals surface area contributed by atoms with Crippen LogP contribution in [0.2, 0.25) is 0 Å². The minimum atomic E-state index is 0.0843. The summed E-state index contributed by atoms with van der Waals surface area (Å²) in [6.07, 6.45) is 1.97. The number of anilines is 2. The van der Waals surface area contributed by atoms with E-state index < -0.39 is 0 Å². The minimum absolute atomic E-state index is 0.0843. The molecule has 0 radical (unpaired) electrons. The van der Waals surface area contributed by atoms with Crippen LogP contribution in [-0.4, -0.2) is 65.7 Å². The third-order valence-corrected chi connectivity index (χ3v) is 4.78. The number of aromatic nitrogens is 3. The van der Waals surface area contributed by atoms with Gasteiger partial charge in [-0.1, -0.05) is 6.07 Å². The highest BCUT2D eigenvalue weighted by Gasteiger charge is 2.24. The van der Waals surface area contributed by atoms with Crippen LogP contribution in [0.4, 0.5) is 11.6 Å². The number of hydrogen-bond acceptors (Lipinski definition) is 5. The molecule has 1 aromatic carbocycles. The highest BCUT2D eigenvalue weighted by atomic mass is 16.2. The third-order valence-electron chi connectivity index (χ3n) is 4.78. The van der Waals surface area contributed by atoms with Crippen LogP contribution in [0.1, 0.15) is 10.4 Å². The molecule has 3 aromatic rings. The third kappa shape index (κ3) is 2.96. The molecule has 4 rings (SSSR count). The van der Waals surface area contributed by atoms with E-state index in [-0.39, 0.29) is 5.91 Å². The van der Waals surface area contributed by atoms with Gasteiger partial charge < -0.3 is 14.7 Å². The van der Waals surface area contributed by atoms with Crippen LogP contribution in [0.15, 0.2) is 48.7 Å². The second kappa shape index (κ2) is 6.67. The average Bonchev–Trinajstić information content (AvgIpc) is 3.12. The molecule has 7 nitrogen and oxygen atoms in total. The summed E-state index contributed by atoms with van der Waals surface area (Å²) in [5.74, 6) is 0.920. The fraction of sp³-hybridized carbons (Fsp3) is 0.316.